The molecule has 82 valence electrons. The van der Waals surface area contributed by atoms with Crippen molar-refractivity contribution in [2.24, 2.45) is 0 Å². The molecule has 0 bridgehead atoms. The highest BCUT2D eigenvalue weighted by atomic mass is 35.5. The van der Waals surface area contributed by atoms with Crippen LogP contribution < -0.4 is 0 Å². The molecule has 0 N–H and O–H groups in total. The van der Waals surface area contributed by atoms with Crippen molar-refractivity contribution in [1.82, 2.24) is 4.98 Å². The third kappa shape index (κ3) is 2.91. The molecule has 1 aliphatic rings. The van der Waals surface area contributed by atoms with Gasteiger partial charge in [0.2, 0.25) is 0 Å². The van der Waals surface area contributed by atoms with E-state index in [0.29, 0.717) is 24.3 Å². The van der Waals surface area contributed by atoms with E-state index in [2.05, 4.69) is 4.98 Å². The van der Waals surface area contributed by atoms with Crippen LogP contribution in [0.15, 0.2) is 18.3 Å². The first-order valence-electron chi connectivity index (χ1n) is 5.47. The Labute approximate surface area is 94.7 Å². The lowest BCUT2D eigenvalue weighted by Gasteiger charge is -2.29. The molecule has 1 aromatic heterocycles. The van der Waals surface area contributed by atoms with Crippen molar-refractivity contribution in [3.05, 3.63) is 29.0 Å². The lowest BCUT2D eigenvalue weighted by molar-refractivity contribution is 0.106. The summed E-state index contributed by atoms with van der Waals surface area (Å²) >= 11 is 5.73. The van der Waals surface area contributed by atoms with Gasteiger partial charge >= 0.3 is 0 Å². The molecule has 0 saturated heterocycles. The zero-order valence-corrected chi connectivity index (χ0v) is 9.43. The number of nitrogens with zero attached hydrogens (tertiary/aromatic N) is 1. The van der Waals surface area contributed by atoms with Crippen molar-refractivity contribution < 1.29 is 4.39 Å². The summed E-state index contributed by atoms with van der Waals surface area (Å²) in [5.74, 6) is 0. The van der Waals surface area contributed by atoms with Gasteiger partial charge < -0.3 is 0 Å². The predicted octanol–water partition coefficient (Wildman–Crippen LogP) is 3.95. The quantitative estimate of drug-likeness (QED) is 0.746. The number of halogens is 2. The van der Waals surface area contributed by atoms with E-state index in [1.165, 1.54) is 6.42 Å². The molecule has 1 heterocycles. The van der Waals surface area contributed by atoms with Crippen molar-refractivity contribution in [2.45, 2.75) is 44.2 Å². The van der Waals surface area contributed by atoms with E-state index in [1.807, 2.05) is 6.07 Å². The number of alkyl halides is 1. The summed E-state index contributed by atoms with van der Waals surface area (Å²) in [6.07, 6.45) is 6.55. The molecule has 0 spiro atoms. The average Bonchev–Trinajstić information content (AvgIpc) is 2.22. The van der Waals surface area contributed by atoms with Gasteiger partial charge in [-0.3, -0.25) is 4.98 Å². The maximum atomic E-state index is 14.3. The second-order valence-electron chi connectivity index (χ2n) is 4.36. The van der Waals surface area contributed by atoms with Gasteiger partial charge in [0.1, 0.15) is 5.67 Å². The zero-order valence-electron chi connectivity index (χ0n) is 8.68. The van der Waals surface area contributed by atoms with E-state index in [9.17, 15) is 4.39 Å². The summed E-state index contributed by atoms with van der Waals surface area (Å²) in [5, 5.41) is 0.607. The van der Waals surface area contributed by atoms with Crippen LogP contribution in [0.1, 0.15) is 37.8 Å². The fourth-order valence-electron chi connectivity index (χ4n) is 2.20. The largest absolute Gasteiger partial charge is 0.260 e. The molecule has 1 saturated carbocycles. The first-order valence-corrected chi connectivity index (χ1v) is 5.85. The van der Waals surface area contributed by atoms with E-state index in [1.54, 1.807) is 12.3 Å². The third-order valence-electron chi connectivity index (χ3n) is 3.04. The van der Waals surface area contributed by atoms with Crippen molar-refractivity contribution in [1.29, 1.82) is 0 Å². The molecule has 0 amide bonds. The summed E-state index contributed by atoms with van der Waals surface area (Å²) in [6, 6.07) is 3.59. The maximum Gasteiger partial charge on any atom is 0.116 e. The molecular weight excluding hydrogens is 213 g/mol. The Morgan fingerprint density at radius 3 is 2.60 bits per heavy atom. The number of hydrogen-bond donors (Lipinski definition) is 0. The molecule has 2 rings (SSSR count). The van der Waals surface area contributed by atoms with Crippen LogP contribution in [0.2, 0.25) is 5.02 Å². The number of aromatic nitrogens is 1. The predicted molar refractivity (Wildman–Crippen MR) is 59.9 cm³/mol. The van der Waals surface area contributed by atoms with Gasteiger partial charge in [-0.05, 0) is 25.0 Å². The zero-order chi connectivity index (χ0) is 10.7. The first-order chi connectivity index (χ1) is 7.18. The van der Waals surface area contributed by atoms with Gasteiger partial charge in [0.05, 0.1) is 5.02 Å². The van der Waals surface area contributed by atoms with E-state index in [-0.39, 0.29) is 0 Å². The molecule has 1 aliphatic carbocycles. The van der Waals surface area contributed by atoms with Crippen LogP contribution in [0.3, 0.4) is 0 Å². The van der Waals surface area contributed by atoms with Gasteiger partial charge in [0, 0.05) is 18.3 Å². The number of hydrogen-bond acceptors (Lipinski definition) is 1. The Morgan fingerprint density at radius 1 is 1.27 bits per heavy atom. The first kappa shape index (κ1) is 10.9. The lowest BCUT2D eigenvalue weighted by atomic mass is 9.83. The highest BCUT2D eigenvalue weighted by molar-refractivity contribution is 6.30. The second-order valence-corrected chi connectivity index (χ2v) is 4.79. The summed E-state index contributed by atoms with van der Waals surface area (Å²) in [4.78, 5) is 4.15. The van der Waals surface area contributed by atoms with E-state index in [0.717, 1.165) is 18.5 Å². The van der Waals surface area contributed by atoms with Gasteiger partial charge in [-0.25, -0.2) is 4.39 Å². The molecule has 0 unspecified atom stereocenters. The van der Waals surface area contributed by atoms with Crippen LogP contribution in [0.4, 0.5) is 4.39 Å². The fourth-order valence-corrected chi connectivity index (χ4v) is 2.31. The molecule has 0 radical (unpaired) electrons. The summed E-state index contributed by atoms with van der Waals surface area (Å²) in [7, 11) is 0. The van der Waals surface area contributed by atoms with Gasteiger partial charge in [-0.2, -0.15) is 0 Å². The third-order valence-corrected chi connectivity index (χ3v) is 3.26. The molecule has 1 aromatic rings. The maximum absolute atomic E-state index is 14.3. The van der Waals surface area contributed by atoms with Crippen LogP contribution in [0, 0.1) is 0 Å². The van der Waals surface area contributed by atoms with Crippen LogP contribution >= 0.6 is 11.6 Å². The van der Waals surface area contributed by atoms with E-state index in [4.69, 9.17) is 11.6 Å². The monoisotopic (exact) mass is 227 g/mol. The topological polar surface area (TPSA) is 12.9 Å². The number of pyridine rings is 1. The Balaban J connectivity index is 2.03. The Kier molecular flexibility index (Phi) is 3.25. The molecule has 0 aliphatic heterocycles. The smallest absolute Gasteiger partial charge is 0.116 e. The Hall–Kier alpha value is -0.630. The highest BCUT2D eigenvalue weighted by Gasteiger charge is 2.32. The van der Waals surface area contributed by atoms with E-state index >= 15 is 0 Å². The minimum absolute atomic E-state index is 0.435. The summed E-state index contributed by atoms with van der Waals surface area (Å²) in [5.41, 5.74) is -0.220. The molecule has 0 aromatic carbocycles. The fraction of sp³-hybridized carbons (Fsp3) is 0.583. The number of rotatable bonds is 2. The average molecular weight is 228 g/mol. The van der Waals surface area contributed by atoms with Crippen LogP contribution in [0.5, 0.6) is 0 Å². The van der Waals surface area contributed by atoms with Crippen molar-refractivity contribution >= 4 is 11.6 Å². The van der Waals surface area contributed by atoms with Gasteiger partial charge in [-0.15, -0.1) is 0 Å². The van der Waals surface area contributed by atoms with Crippen LogP contribution in [0.25, 0.3) is 0 Å². The minimum Gasteiger partial charge on any atom is -0.260 e. The lowest BCUT2D eigenvalue weighted by Crippen LogP contribution is -2.29. The highest BCUT2D eigenvalue weighted by Crippen LogP contribution is 2.34. The summed E-state index contributed by atoms with van der Waals surface area (Å²) < 4.78 is 14.3. The normalized spacial score (nSPS) is 20.1. The Morgan fingerprint density at radius 2 is 2.00 bits per heavy atom. The molecule has 0 atom stereocenters. The van der Waals surface area contributed by atoms with Crippen LogP contribution in [-0.2, 0) is 6.42 Å². The van der Waals surface area contributed by atoms with Crippen LogP contribution in [-0.4, -0.2) is 10.7 Å². The molecule has 3 heteroatoms. The Bertz CT molecular complexity index is 317. The summed E-state index contributed by atoms with van der Waals surface area (Å²) in [6.45, 7) is 0. The van der Waals surface area contributed by atoms with Gasteiger partial charge in [0.25, 0.3) is 0 Å². The van der Waals surface area contributed by atoms with Gasteiger partial charge in [-0.1, -0.05) is 30.9 Å². The molecule has 1 fully saturated rings. The molecule has 1 nitrogen and oxygen atoms in total. The molecular formula is C12H15ClFN. The van der Waals surface area contributed by atoms with Crippen molar-refractivity contribution in [3.8, 4) is 0 Å². The second kappa shape index (κ2) is 4.48. The van der Waals surface area contributed by atoms with Crippen molar-refractivity contribution in [2.75, 3.05) is 0 Å². The SMILES string of the molecule is FC1(Cc2ccc(Cl)cn2)CCCCC1. The standard InChI is InChI=1S/C12H15ClFN/c13-10-4-5-11(15-9-10)8-12(14)6-2-1-3-7-12/h4-5,9H,1-3,6-8H2. The minimum atomic E-state index is -1.03. The van der Waals surface area contributed by atoms with E-state index < -0.39 is 5.67 Å². The molecule has 15 heavy (non-hydrogen) atoms. The van der Waals surface area contributed by atoms with Crippen molar-refractivity contribution in [3.63, 3.8) is 0 Å². The van der Waals surface area contributed by atoms with Gasteiger partial charge in [0.15, 0.2) is 0 Å².